The number of carbonyl (C=O) groups excluding carboxylic acids is 1. The van der Waals surface area contributed by atoms with Crippen molar-refractivity contribution < 1.29 is 32.2 Å². The summed E-state index contributed by atoms with van der Waals surface area (Å²) in [7, 11) is -3.95. The average molecular weight is 582 g/mol. The molecule has 2 N–H and O–H groups in total. The lowest BCUT2D eigenvalue weighted by Gasteiger charge is -2.29. The second-order valence-corrected chi connectivity index (χ2v) is 12.6. The Balaban J connectivity index is 1.34. The molecule has 0 fully saturated rings. The van der Waals surface area contributed by atoms with Crippen LogP contribution in [-0.4, -0.2) is 65.0 Å². The standard InChI is InChI=1S/C29H31N3O8S/c1-29(2,3)40-27(34)31(13-14-38-19-10-11-21-20-7-5-6-8-22(20)30-23(21)16-19)17-25(33)18-9-12-26-24(15-18)32(28(35)39-26)41(4,36)37/h5-12,15-16,25,30,33H,13-14,17H2,1-4H3. The summed E-state index contributed by atoms with van der Waals surface area (Å²) < 4.78 is 41.3. The van der Waals surface area contributed by atoms with Crippen molar-refractivity contribution in [3.8, 4) is 5.75 Å². The number of aliphatic hydroxyl groups is 1. The molecule has 0 aliphatic heterocycles. The van der Waals surface area contributed by atoms with Crippen molar-refractivity contribution in [3.05, 3.63) is 76.8 Å². The third kappa shape index (κ3) is 6.08. The highest BCUT2D eigenvalue weighted by atomic mass is 32.2. The summed E-state index contributed by atoms with van der Waals surface area (Å²) >= 11 is 0. The van der Waals surface area contributed by atoms with Gasteiger partial charge in [-0.3, -0.25) is 0 Å². The number of nitrogens with zero attached hydrogens (tertiary/aromatic N) is 2. The van der Waals surface area contributed by atoms with Crippen molar-refractivity contribution in [1.29, 1.82) is 0 Å². The number of aromatic nitrogens is 2. The first-order chi connectivity index (χ1) is 19.3. The molecule has 1 unspecified atom stereocenters. The molecule has 0 bridgehead atoms. The van der Waals surface area contributed by atoms with Crippen molar-refractivity contribution >= 4 is 49.0 Å². The minimum atomic E-state index is -3.95. The summed E-state index contributed by atoms with van der Waals surface area (Å²) in [6.07, 6.45) is -0.997. The predicted molar refractivity (Wildman–Crippen MR) is 155 cm³/mol. The summed E-state index contributed by atoms with van der Waals surface area (Å²) in [5, 5.41) is 13.2. The van der Waals surface area contributed by atoms with Crippen LogP contribution in [-0.2, 0) is 14.8 Å². The fourth-order valence-electron chi connectivity index (χ4n) is 4.63. The Labute approximate surface area is 235 Å². The van der Waals surface area contributed by atoms with Gasteiger partial charge < -0.3 is 28.9 Å². The van der Waals surface area contributed by atoms with Crippen LogP contribution in [0.15, 0.2) is 69.9 Å². The first-order valence-electron chi connectivity index (χ1n) is 13.0. The van der Waals surface area contributed by atoms with Crippen molar-refractivity contribution in [2.24, 2.45) is 0 Å². The Kier molecular flexibility index (Phi) is 7.30. The lowest BCUT2D eigenvalue weighted by atomic mass is 10.1. The summed E-state index contributed by atoms with van der Waals surface area (Å²) in [5.74, 6) is -0.440. The quantitative estimate of drug-likeness (QED) is 0.275. The maximum Gasteiger partial charge on any atom is 0.434 e. The third-order valence-corrected chi connectivity index (χ3v) is 7.44. The molecule has 1 atom stereocenters. The molecule has 11 nitrogen and oxygen atoms in total. The van der Waals surface area contributed by atoms with E-state index in [1.807, 2.05) is 42.5 Å². The van der Waals surface area contributed by atoms with E-state index in [-0.39, 0.29) is 36.4 Å². The molecule has 0 aliphatic rings. The minimum absolute atomic E-state index is 0.00595. The highest BCUT2D eigenvalue weighted by Crippen LogP contribution is 2.28. The molecule has 2 heterocycles. The number of H-pyrrole nitrogens is 1. The van der Waals surface area contributed by atoms with E-state index in [2.05, 4.69) is 4.98 Å². The van der Waals surface area contributed by atoms with Gasteiger partial charge >= 0.3 is 11.8 Å². The molecule has 0 radical (unpaired) electrons. The Bertz CT molecular complexity index is 1910. The molecule has 3 aromatic carbocycles. The van der Waals surface area contributed by atoms with Gasteiger partial charge in [0.2, 0.25) is 10.0 Å². The smallest absolute Gasteiger partial charge is 0.434 e. The molecule has 0 saturated heterocycles. The van der Waals surface area contributed by atoms with Crippen molar-refractivity contribution in [2.45, 2.75) is 32.5 Å². The van der Waals surface area contributed by atoms with Crippen LogP contribution >= 0.6 is 0 Å². The van der Waals surface area contributed by atoms with Crippen LogP contribution < -0.4 is 10.5 Å². The molecule has 2 aromatic heterocycles. The Morgan fingerprint density at radius 1 is 1.07 bits per heavy atom. The molecule has 5 aromatic rings. The monoisotopic (exact) mass is 581 g/mol. The minimum Gasteiger partial charge on any atom is -0.492 e. The highest BCUT2D eigenvalue weighted by Gasteiger charge is 2.26. The third-order valence-electron chi connectivity index (χ3n) is 6.43. The topological polar surface area (TPSA) is 144 Å². The molecule has 5 rings (SSSR count). The van der Waals surface area contributed by atoms with E-state index in [4.69, 9.17) is 13.9 Å². The van der Waals surface area contributed by atoms with Crippen LogP contribution in [0.1, 0.15) is 32.4 Å². The van der Waals surface area contributed by atoms with Gasteiger partial charge in [-0.2, -0.15) is 3.97 Å². The van der Waals surface area contributed by atoms with Gasteiger partial charge in [-0.1, -0.05) is 24.3 Å². The van der Waals surface area contributed by atoms with Gasteiger partial charge in [-0.25, -0.2) is 18.0 Å². The van der Waals surface area contributed by atoms with Gasteiger partial charge in [-0.05, 0) is 56.7 Å². The van der Waals surface area contributed by atoms with Gasteiger partial charge in [0.1, 0.15) is 23.5 Å². The molecular formula is C29H31N3O8S. The van der Waals surface area contributed by atoms with Gasteiger partial charge in [0.25, 0.3) is 0 Å². The summed E-state index contributed by atoms with van der Waals surface area (Å²) in [4.78, 5) is 29.8. The molecule has 0 spiro atoms. The van der Waals surface area contributed by atoms with Crippen LogP contribution in [0.3, 0.4) is 0 Å². The normalized spacial score (nSPS) is 13.1. The van der Waals surface area contributed by atoms with Crippen LogP contribution in [0.2, 0.25) is 0 Å². The van der Waals surface area contributed by atoms with E-state index in [1.54, 1.807) is 20.8 Å². The van der Waals surface area contributed by atoms with Crippen molar-refractivity contribution in [1.82, 2.24) is 13.9 Å². The van der Waals surface area contributed by atoms with Crippen LogP contribution in [0.25, 0.3) is 32.9 Å². The number of aliphatic hydroxyl groups excluding tert-OH is 1. The number of carbonyl (C=O) groups is 1. The number of amides is 1. The van der Waals surface area contributed by atoms with Crippen molar-refractivity contribution in [3.63, 3.8) is 0 Å². The fourth-order valence-corrected chi connectivity index (χ4v) is 5.44. The lowest BCUT2D eigenvalue weighted by molar-refractivity contribution is 0.0117. The van der Waals surface area contributed by atoms with Crippen LogP contribution in [0, 0.1) is 0 Å². The van der Waals surface area contributed by atoms with E-state index in [9.17, 15) is 23.1 Å². The second kappa shape index (κ2) is 10.6. The fraction of sp³-hybridized carbons (Fsp3) is 0.310. The van der Waals surface area contributed by atoms with Gasteiger partial charge in [0, 0.05) is 22.4 Å². The zero-order valence-electron chi connectivity index (χ0n) is 23.1. The second-order valence-electron chi connectivity index (χ2n) is 10.8. The van der Waals surface area contributed by atoms with E-state index < -0.39 is 33.6 Å². The number of aromatic amines is 1. The van der Waals surface area contributed by atoms with Gasteiger partial charge in [0.05, 0.1) is 31.0 Å². The molecule has 1 amide bonds. The molecular weight excluding hydrogens is 550 g/mol. The number of para-hydroxylation sites is 1. The van der Waals surface area contributed by atoms with E-state index in [1.165, 1.54) is 23.1 Å². The van der Waals surface area contributed by atoms with Crippen LogP contribution in [0.4, 0.5) is 4.79 Å². The number of fused-ring (bicyclic) bond motifs is 4. The largest absolute Gasteiger partial charge is 0.492 e. The number of hydrogen-bond donors (Lipinski definition) is 2. The first kappa shape index (κ1) is 28.2. The Hall–Kier alpha value is -4.29. The maximum absolute atomic E-state index is 13.0. The molecule has 0 saturated carbocycles. The first-order valence-corrected chi connectivity index (χ1v) is 14.8. The highest BCUT2D eigenvalue weighted by molar-refractivity contribution is 7.89. The zero-order valence-corrected chi connectivity index (χ0v) is 23.9. The number of ether oxygens (including phenoxy) is 2. The molecule has 0 aliphatic carbocycles. The zero-order chi connectivity index (χ0) is 29.5. The van der Waals surface area contributed by atoms with Gasteiger partial charge in [0.15, 0.2) is 5.58 Å². The number of nitrogens with one attached hydrogen (secondary N) is 1. The number of rotatable bonds is 8. The summed E-state index contributed by atoms with van der Waals surface area (Å²) in [5.41, 5.74) is 1.50. The Morgan fingerprint density at radius 3 is 2.54 bits per heavy atom. The Morgan fingerprint density at radius 2 is 1.80 bits per heavy atom. The number of oxazole rings is 1. The van der Waals surface area contributed by atoms with Crippen molar-refractivity contribution in [2.75, 3.05) is 26.0 Å². The number of benzene rings is 3. The SMILES string of the molecule is CC(C)(C)OC(=O)N(CCOc1ccc2c(c1)[nH]c1ccccc12)CC(O)c1ccc2oc(=O)n(S(C)(=O)=O)c2c1. The summed E-state index contributed by atoms with van der Waals surface area (Å²) in [6.45, 7) is 5.26. The van der Waals surface area contributed by atoms with E-state index >= 15 is 0 Å². The molecule has 41 heavy (non-hydrogen) atoms. The van der Waals surface area contributed by atoms with Gasteiger partial charge in [-0.15, -0.1) is 0 Å². The molecule has 216 valence electrons. The summed E-state index contributed by atoms with van der Waals surface area (Å²) in [6, 6.07) is 18.0. The van der Waals surface area contributed by atoms with E-state index in [0.717, 1.165) is 28.1 Å². The predicted octanol–water partition coefficient (Wildman–Crippen LogP) is 4.39. The lowest BCUT2D eigenvalue weighted by Crippen LogP contribution is -2.41. The van der Waals surface area contributed by atoms with E-state index in [0.29, 0.717) is 9.72 Å². The van der Waals surface area contributed by atoms with Crippen LogP contribution in [0.5, 0.6) is 5.75 Å². The number of hydrogen-bond acceptors (Lipinski definition) is 8. The molecule has 12 heteroatoms. The maximum atomic E-state index is 13.0. The average Bonchev–Trinajstić information content (AvgIpc) is 3.42.